The number of carbonyl (C=O) groups excluding carboxylic acids is 1. The van der Waals surface area contributed by atoms with Crippen LogP contribution in [0.1, 0.15) is 6.92 Å². The summed E-state index contributed by atoms with van der Waals surface area (Å²) in [6, 6.07) is 5.48. The van der Waals surface area contributed by atoms with E-state index in [2.05, 4.69) is 10.2 Å². The van der Waals surface area contributed by atoms with E-state index in [1.165, 1.54) is 24.3 Å². The predicted molar refractivity (Wildman–Crippen MR) is 86.5 cm³/mol. The summed E-state index contributed by atoms with van der Waals surface area (Å²) in [7, 11) is -3.73. The number of rotatable bonds is 4. The first-order valence-electron chi connectivity index (χ1n) is 7.35. The second kappa shape index (κ2) is 7.26. The first-order valence-corrected chi connectivity index (χ1v) is 8.89. The van der Waals surface area contributed by atoms with Gasteiger partial charge in [0, 0.05) is 38.4 Å². The fraction of sp³-hybridized carbons (Fsp3) is 0.500. The number of hydrogen-bond acceptors (Lipinski definition) is 5. The average Bonchev–Trinajstić information content (AvgIpc) is 2.47. The van der Waals surface area contributed by atoms with E-state index < -0.39 is 10.0 Å². The molecule has 0 spiro atoms. The molecule has 1 aromatic carbocycles. The number of aliphatic hydroxyl groups excluding tert-OH is 1. The minimum atomic E-state index is -3.73. The Morgan fingerprint density at radius 1 is 1.26 bits per heavy atom. The number of piperazine rings is 1. The third-order valence-electron chi connectivity index (χ3n) is 3.62. The highest BCUT2D eigenvalue weighted by atomic mass is 32.2. The number of carbonyl (C=O) groups is 1. The van der Waals surface area contributed by atoms with Crippen molar-refractivity contribution in [1.29, 1.82) is 0 Å². The van der Waals surface area contributed by atoms with Crippen LogP contribution in [0.25, 0.3) is 0 Å². The van der Waals surface area contributed by atoms with Crippen molar-refractivity contribution in [2.75, 3.05) is 38.0 Å². The van der Waals surface area contributed by atoms with Crippen LogP contribution >= 0.6 is 0 Å². The fourth-order valence-electron chi connectivity index (χ4n) is 2.44. The normalized spacial score (nSPS) is 17.8. The number of anilines is 1. The Balaban J connectivity index is 1.88. The monoisotopic (exact) mass is 342 g/mol. The van der Waals surface area contributed by atoms with Crippen molar-refractivity contribution in [2.45, 2.75) is 17.9 Å². The summed E-state index contributed by atoms with van der Waals surface area (Å²) in [5.74, 6) is 0. The van der Waals surface area contributed by atoms with Crippen molar-refractivity contribution in [2.24, 2.45) is 5.14 Å². The molecule has 8 nitrogen and oxygen atoms in total. The van der Waals surface area contributed by atoms with E-state index in [9.17, 15) is 18.3 Å². The Hall–Kier alpha value is -1.68. The Morgan fingerprint density at radius 3 is 2.30 bits per heavy atom. The lowest BCUT2D eigenvalue weighted by Crippen LogP contribution is -2.51. The predicted octanol–water partition coefficient (Wildman–Crippen LogP) is -0.136. The number of hydrogen-bond donors (Lipinski definition) is 3. The number of β-amino-alcohol motifs (C(OH)–C–C–N with tert-alkyl or cyclic N) is 1. The third kappa shape index (κ3) is 5.17. The molecule has 23 heavy (non-hydrogen) atoms. The van der Waals surface area contributed by atoms with Crippen LogP contribution in [-0.2, 0) is 10.0 Å². The Morgan fingerprint density at radius 2 is 1.83 bits per heavy atom. The Kier molecular flexibility index (Phi) is 5.58. The van der Waals surface area contributed by atoms with E-state index in [4.69, 9.17) is 5.14 Å². The SMILES string of the molecule is C[C@@H](O)CN1CCN(C(=O)Nc2ccc(S(N)(=O)=O)cc2)CC1. The fourth-order valence-corrected chi connectivity index (χ4v) is 2.95. The average molecular weight is 342 g/mol. The highest BCUT2D eigenvalue weighted by molar-refractivity contribution is 7.89. The van der Waals surface area contributed by atoms with Crippen molar-refractivity contribution in [3.05, 3.63) is 24.3 Å². The molecule has 0 bridgehead atoms. The van der Waals surface area contributed by atoms with E-state index in [0.717, 1.165) is 0 Å². The second-order valence-electron chi connectivity index (χ2n) is 5.64. The van der Waals surface area contributed by atoms with Gasteiger partial charge in [-0.2, -0.15) is 0 Å². The lowest BCUT2D eigenvalue weighted by Gasteiger charge is -2.35. The van der Waals surface area contributed by atoms with Crippen LogP contribution in [0.5, 0.6) is 0 Å². The molecule has 9 heteroatoms. The van der Waals surface area contributed by atoms with E-state index >= 15 is 0 Å². The second-order valence-corrected chi connectivity index (χ2v) is 7.20. The van der Waals surface area contributed by atoms with Crippen LogP contribution in [-0.4, -0.2) is 68.2 Å². The zero-order valence-electron chi connectivity index (χ0n) is 13.0. The van der Waals surface area contributed by atoms with Gasteiger partial charge in [0.2, 0.25) is 10.0 Å². The molecule has 1 heterocycles. The lowest BCUT2D eigenvalue weighted by molar-refractivity contribution is 0.0924. The molecule has 1 aliphatic rings. The maximum Gasteiger partial charge on any atom is 0.321 e. The summed E-state index contributed by atoms with van der Waals surface area (Å²) in [5, 5.41) is 17.1. The molecule has 128 valence electrons. The number of amides is 2. The molecule has 0 aliphatic carbocycles. The standard InChI is InChI=1S/C14H22N4O4S/c1-11(19)10-17-6-8-18(9-7-17)14(20)16-12-2-4-13(5-3-12)23(15,21)22/h2-5,11,19H,6-10H2,1H3,(H,16,20)(H2,15,21,22)/t11-/m1/s1. The number of primary sulfonamides is 1. The summed E-state index contributed by atoms with van der Waals surface area (Å²) < 4.78 is 22.4. The van der Waals surface area contributed by atoms with Crippen LogP contribution in [0.3, 0.4) is 0 Å². The van der Waals surface area contributed by atoms with Gasteiger partial charge in [-0.15, -0.1) is 0 Å². The molecular weight excluding hydrogens is 320 g/mol. The van der Waals surface area contributed by atoms with Gasteiger partial charge in [-0.3, -0.25) is 4.90 Å². The topological polar surface area (TPSA) is 116 Å². The molecule has 2 rings (SSSR count). The molecule has 2 amide bonds. The molecule has 1 saturated heterocycles. The third-order valence-corrected chi connectivity index (χ3v) is 4.55. The van der Waals surface area contributed by atoms with Gasteiger partial charge in [0.15, 0.2) is 0 Å². The Labute approximate surface area is 135 Å². The number of urea groups is 1. The smallest absolute Gasteiger partial charge is 0.321 e. The van der Waals surface area contributed by atoms with Crippen molar-refractivity contribution in [3.63, 3.8) is 0 Å². The number of sulfonamides is 1. The quantitative estimate of drug-likeness (QED) is 0.704. The molecule has 0 saturated carbocycles. The molecular formula is C14H22N4O4S. The number of nitrogens with one attached hydrogen (secondary N) is 1. The zero-order valence-corrected chi connectivity index (χ0v) is 13.8. The molecule has 1 fully saturated rings. The molecule has 4 N–H and O–H groups in total. The minimum absolute atomic E-state index is 0.00207. The molecule has 1 aliphatic heterocycles. The maximum absolute atomic E-state index is 12.2. The van der Waals surface area contributed by atoms with Crippen LogP contribution < -0.4 is 10.5 Å². The van der Waals surface area contributed by atoms with E-state index in [0.29, 0.717) is 38.4 Å². The largest absolute Gasteiger partial charge is 0.392 e. The van der Waals surface area contributed by atoms with Crippen molar-refractivity contribution < 1.29 is 18.3 Å². The first kappa shape index (κ1) is 17.7. The molecule has 1 aromatic rings. The van der Waals surface area contributed by atoms with E-state index in [1.807, 2.05) is 0 Å². The molecule has 0 unspecified atom stereocenters. The summed E-state index contributed by atoms with van der Waals surface area (Å²) in [6.07, 6.45) is -0.382. The molecule has 0 aromatic heterocycles. The van der Waals surface area contributed by atoms with Gasteiger partial charge < -0.3 is 15.3 Å². The van der Waals surface area contributed by atoms with Gasteiger partial charge in [-0.1, -0.05) is 0 Å². The summed E-state index contributed by atoms with van der Waals surface area (Å²) in [4.78, 5) is 16.0. The summed E-state index contributed by atoms with van der Waals surface area (Å²) in [5.41, 5.74) is 0.508. The van der Waals surface area contributed by atoms with E-state index in [-0.39, 0.29) is 17.0 Å². The van der Waals surface area contributed by atoms with Crippen LogP contribution in [0.4, 0.5) is 10.5 Å². The molecule has 1 atom stereocenters. The van der Waals surface area contributed by atoms with Gasteiger partial charge in [0.05, 0.1) is 11.0 Å². The van der Waals surface area contributed by atoms with Crippen LogP contribution in [0, 0.1) is 0 Å². The zero-order chi connectivity index (χ0) is 17.0. The van der Waals surface area contributed by atoms with Crippen LogP contribution in [0.15, 0.2) is 29.2 Å². The Bertz CT molecular complexity index is 637. The lowest BCUT2D eigenvalue weighted by atomic mass is 10.3. The maximum atomic E-state index is 12.2. The van der Waals surface area contributed by atoms with Crippen molar-refractivity contribution in [1.82, 2.24) is 9.80 Å². The highest BCUT2D eigenvalue weighted by Gasteiger charge is 2.21. The van der Waals surface area contributed by atoms with Crippen molar-refractivity contribution >= 4 is 21.7 Å². The van der Waals surface area contributed by atoms with Crippen molar-refractivity contribution in [3.8, 4) is 0 Å². The first-order chi connectivity index (χ1) is 10.8. The number of aliphatic hydroxyl groups is 1. The highest BCUT2D eigenvalue weighted by Crippen LogP contribution is 2.14. The molecule has 0 radical (unpaired) electrons. The summed E-state index contributed by atoms with van der Waals surface area (Å²) >= 11 is 0. The van der Waals surface area contributed by atoms with Gasteiger partial charge in [-0.05, 0) is 31.2 Å². The van der Waals surface area contributed by atoms with Gasteiger partial charge in [0.1, 0.15) is 0 Å². The van der Waals surface area contributed by atoms with Gasteiger partial charge in [-0.25, -0.2) is 18.4 Å². The number of nitrogens with two attached hydrogens (primary N) is 1. The minimum Gasteiger partial charge on any atom is -0.392 e. The van der Waals surface area contributed by atoms with Gasteiger partial charge in [0.25, 0.3) is 0 Å². The number of nitrogens with zero attached hydrogens (tertiary/aromatic N) is 2. The van der Waals surface area contributed by atoms with E-state index in [1.54, 1.807) is 11.8 Å². The van der Waals surface area contributed by atoms with Crippen LogP contribution in [0.2, 0.25) is 0 Å². The van der Waals surface area contributed by atoms with Gasteiger partial charge >= 0.3 is 6.03 Å². The number of benzene rings is 1. The summed E-state index contributed by atoms with van der Waals surface area (Å²) in [6.45, 7) is 4.92.